The first kappa shape index (κ1) is 19.1. The van der Waals surface area contributed by atoms with E-state index >= 15 is 0 Å². The van der Waals surface area contributed by atoms with Crippen LogP contribution in [0.15, 0.2) is 69.0 Å². The van der Waals surface area contributed by atoms with Crippen molar-refractivity contribution in [2.24, 2.45) is 5.10 Å². The first-order chi connectivity index (χ1) is 14.7. The predicted octanol–water partition coefficient (Wildman–Crippen LogP) is 5.95. The minimum absolute atomic E-state index is 0.0692. The van der Waals surface area contributed by atoms with Gasteiger partial charge in [0.1, 0.15) is 17.2 Å². The molecule has 0 spiro atoms. The first-order valence-electron chi connectivity index (χ1n) is 10.2. The average Bonchev–Trinajstić information content (AvgIpc) is 3.40. The lowest BCUT2D eigenvalue weighted by Gasteiger charge is -2.38. The molecule has 5 nitrogen and oxygen atoms in total. The number of fused-ring (bicyclic) bond motifs is 3. The minimum atomic E-state index is -0.325. The molecular formula is C24H24N2O3S. The van der Waals surface area contributed by atoms with E-state index < -0.39 is 0 Å². The van der Waals surface area contributed by atoms with Crippen LogP contribution in [0.5, 0.6) is 11.5 Å². The lowest BCUT2D eigenvalue weighted by atomic mass is 9.97. The molecule has 154 valence electrons. The standard InChI is InChI=1S/C24H24N2O3S/c1-4-27-22-7-5-6-18-20-14-19(21-13-8-15(2)28-21)25-26(20)24(29-23(18)22)16-9-11-17(30-3)12-10-16/h5-13,20,24H,4,14H2,1-3H3. The van der Waals surface area contributed by atoms with Gasteiger partial charge in [0.15, 0.2) is 11.5 Å². The van der Waals surface area contributed by atoms with E-state index in [1.807, 2.05) is 38.1 Å². The van der Waals surface area contributed by atoms with Crippen molar-refractivity contribution >= 4 is 17.5 Å². The number of para-hydroxylation sites is 1. The second kappa shape index (κ2) is 7.76. The van der Waals surface area contributed by atoms with E-state index in [2.05, 4.69) is 41.6 Å². The molecule has 3 heterocycles. The monoisotopic (exact) mass is 420 g/mol. The fourth-order valence-electron chi connectivity index (χ4n) is 4.08. The molecule has 2 unspecified atom stereocenters. The highest BCUT2D eigenvalue weighted by atomic mass is 32.2. The van der Waals surface area contributed by atoms with Gasteiger partial charge < -0.3 is 13.9 Å². The van der Waals surface area contributed by atoms with Gasteiger partial charge in [-0.15, -0.1) is 11.8 Å². The van der Waals surface area contributed by atoms with Gasteiger partial charge in [-0.05, 0) is 50.4 Å². The highest BCUT2D eigenvalue weighted by molar-refractivity contribution is 7.98. The molecule has 2 atom stereocenters. The normalized spacial score (nSPS) is 19.7. The average molecular weight is 421 g/mol. The van der Waals surface area contributed by atoms with Gasteiger partial charge in [-0.1, -0.05) is 24.3 Å². The van der Waals surface area contributed by atoms with E-state index in [9.17, 15) is 0 Å². The molecule has 3 aromatic rings. The van der Waals surface area contributed by atoms with Crippen LogP contribution in [0.25, 0.3) is 0 Å². The summed E-state index contributed by atoms with van der Waals surface area (Å²) in [6.07, 6.45) is 2.52. The number of hydrazone groups is 1. The zero-order valence-corrected chi connectivity index (χ0v) is 18.1. The van der Waals surface area contributed by atoms with Crippen molar-refractivity contribution in [1.82, 2.24) is 5.01 Å². The molecule has 1 aromatic heterocycles. The highest BCUT2D eigenvalue weighted by Gasteiger charge is 2.42. The van der Waals surface area contributed by atoms with Crippen LogP contribution in [-0.4, -0.2) is 23.6 Å². The van der Waals surface area contributed by atoms with Crippen LogP contribution in [0.4, 0.5) is 0 Å². The summed E-state index contributed by atoms with van der Waals surface area (Å²) in [5, 5.41) is 7.02. The van der Waals surface area contributed by atoms with Crippen LogP contribution in [0, 0.1) is 6.92 Å². The Balaban J connectivity index is 1.59. The van der Waals surface area contributed by atoms with Crippen molar-refractivity contribution in [3.05, 3.63) is 77.2 Å². The van der Waals surface area contributed by atoms with Gasteiger partial charge in [0.25, 0.3) is 0 Å². The summed E-state index contributed by atoms with van der Waals surface area (Å²) < 4.78 is 18.3. The van der Waals surface area contributed by atoms with Crippen LogP contribution in [0.1, 0.15) is 48.3 Å². The molecule has 2 aliphatic heterocycles. The van der Waals surface area contributed by atoms with Gasteiger partial charge in [0.05, 0.1) is 12.6 Å². The molecule has 0 N–H and O–H groups in total. The zero-order chi connectivity index (χ0) is 20.7. The number of ether oxygens (including phenoxy) is 2. The van der Waals surface area contributed by atoms with Crippen molar-refractivity contribution in [3.8, 4) is 11.5 Å². The zero-order valence-electron chi connectivity index (χ0n) is 17.3. The van der Waals surface area contributed by atoms with Crippen molar-refractivity contribution in [2.75, 3.05) is 12.9 Å². The van der Waals surface area contributed by atoms with E-state index in [0.717, 1.165) is 46.3 Å². The van der Waals surface area contributed by atoms with Crippen molar-refractivity contribution in [2.45, 2.75) is 37.4 Å². The SMILES string of the molecule is CCOc1cccc2c1OC(c1ccc(SC)cc1)N1N=C(c3ccc(C)o3)CC21. The summed E-state index contributed by atoms with van der Waals surface area (Å²) in [6.45, 7) is 4.53. The second-order valence-electron chi connectivity index (χ2n) is 7.41. The topological polar surface area (TPSA) is 47.2 Å². The molecule has 5 rings (SSSR count). The molecule has 0 saturated heterocycles. The summed E-state index contributed by atoms with van der Waals surface area (Å²) in [5.74, 6) is 3.30. The van der Waals surface area contributed by atoms with E-state index in [1.54, 1.807) is 11.8 Å². The van der Waals surface area contributed by atoms with Gasteiger partial charge in [0.2, 0.25) is 6.23 Å². The molecule has 0 aliphatic carbocycles. The van der Waals surface area contributed by atoms with Crippen LogP contribution in [-0.2, 0) is 0 Å². The maximum absolute atomic E-state index is 6.53. The molecule has 2 aliphatic rings. The Morgan fingerprint density at radius 1 is 1.13 bits per heavy atom. The van der Waals surface area contributed by atoms with E-state index in [4.69, 9.17) is 19.0 Å². The Labute approximate surface area is 180 Å². The van der Waals surface area contributed by atoms with E-state index in [0.29, 0.717) is 6.61 Å². The largest absolute Gasteiger partial charge is 0.490 e. The van der Waals surface area contributed by atoms with Crippen LogP contribution in [0.2, 0.25) is 0 Å². The van der Waals surface area contributed by atoms with Crippen LogP contribution in [0.3, 0.4) is 0 Å². The number of benzene rings is 2. The third-order valence-corrected chi connectivity index (χ3v) is 6.25. The third kappa shape index (κ3) is 3.25. The summed E-state index contributed by atoms with van der Waals surface area (Å²) in [5.41, 5.74) is 3.10. The molecule has 6 heteroatoms. The van der Waals surface area contributed by atoms with Gasteiger partial charge in [-0.3, -0.25) is 0 Å². The lowest BCUT2D eigenvalue weighted by Crippen LogP contribution is -2.33. The number of nitrogens with zero attached hydrogens (tertiary/aromatic N) is 2. The van der Waals surface area contributed by atoms with E-state index in [-0.39, 0.29) is 12.3 Å². The van der Waals surface area contributed by atoms with Crippen molar-refractivity contribution in [3.63, 3.8) is 0 Å². The van der Waals surface area contributed by atoms with Gasteiger partial charge in [-0.25, -0.2) is 5.01 Å². The molecule has 30 heavy (non-hydrogen) atoms. The number of rotatable bonds is 5. The fourth-order valence-corrected chi connectivity index (χ4v) is 4.49. The fraction of sp³-hybridized carbons (Fsp3) is 0.292. The Hall–Kier alpha value is -2.86. The van der Waals surface area contributed by atoms with Crippen LogP contribution < -0.4 is 9.47 Å². The Morgan fingerprint density at radius 2 is 1.97 bits per heavy atom. The number of thioether (sulfide) groups is 1. The molecule has 0 amide bonds. The number of hydrogen-bond acceptors (Lipinski definition) is 6. The van der Waals surface area contributed by atoms with Crippen molar-refractivity contribution < 1.29 is 13.9 Å². The first-order valence-corrected chi connectivity index (χ1v) is 11.4. The number of furan rings is 1. The summed E-state index contributed by atoms with van der Waals surface area (Å²) >= 11 is 1.73. The predicted molar refractivity (Wildman–Crippen MR) is 118 cm³/mol. The smallest absolute Gasteiger partial charge is 0.214 e. The van der Waals surface area contributed by atoms with Gasteiger partial charge in [-0.2, -0.15) is 5.10 Å². The Bertz CT molecular complexity index is 1090. The molecule has 0 fully saturated rings. The Kier molecular flexibility index (Phi) is 4.95. The molecule has 0 saturated carbocycles. The number of aryl methyl sites for hydroxylation is 1. The maximum Gasteiger partial charge on any atom is 0.214 e. The maximum atomic E-state index is 6.53. The summed E-state index contributed by atoms with van der Waals surface area (Å²) in [7, 11) is 0. The summed E-state index contributed by atoms with van der Waals surface area (Å²) in [4.78, 5) is 1.22. The second-order valence-corrected chi connectivity index (χ2v) is 8.29. The van der Waals surface area contributed by atoms with Gasteiger partial charge in [0, 0.05) is 22.4 Å². The Morgan fingerprint density at radius 3 is 2.67 bits per heavy atom. The molecular weight excluding hydrogens is 396 g/mol. The van der Waals surface area contributed by atoms with Gasteiger partial charge >= 0.3 is 0 Å². The van der Waals surface area contributed by atoms with Crippen molar-refractivity contribution in [1.29, 1.82) is 0 Å². The molecule has 0 radical (unpaired) electrons. The quantitative estimate of drug-likeness (QED) is 0.477. The number of hydrogen-bond donors (Lipinski definition) is 0. The van der Waals surface area contributed by atoms with Crippen LogP contribution >= 0.6 is 11.8 Å². The minimum Gasteiger partial charge on any atom is -0.490 e. The molecule has 0 bridgehead atoms. The third-order valence-electron chi connectivity index (χ3n) is 5.51. The summed E-state index contributed by atoms with van der Waals surface area (Å²) in [6, 6.07) is 18.6. The highest BCUT2D eigenvalue weighted by Crippen LogP contribution is 2.50. The molecule has 2 aromatic carbocycles. The van der Waals surface area contributed by atoms with E-state index in [1.165, 1.54) is 4.90 Å². The lowest BCUT2D eigenvalue weighted by molar-refractivity contribution is -0.0212.